The summed E-state index contributed by atoms with van der Waals surface area (Å²) in [4.78, 5) is 34.4. The van der Waals surface area contributed by atoms with Crippen LogP contribution in [0.5, 0.6) is 0 Å². The predicted octanol–water partition coefficient (Wildman–Crippen LogP) is 3.57. The van der Waals surface area contributed by atoms with E-state index >= 15 is 0 Å². The maximum Gasteiger partial charge on any atom is 0.416 e. The Labute approximate surface area is 209 Å². The van der Waals surface area contributed by atoms with E-state index in [1.54, 1.807) is 11.0 Å². The number of likely N-dealkylation sites (tertiary alicyclic amines) is 2. The Hall–Kier alpha value is -2.49. The van der Waals surface area contributed by atoms with Gasteiger partial charge in [-0.3, -0.25) is 4.79 Å². The van der Waals surface area contributed by atoms with E-state index in [0.29, 0.717) is 45.0 Å². The summed E-state index contributed by atoms with van der Waals surface area (Å²) in [7, 11) is 0. The number of hydrogen-bond donors (Lipinski definition) is 1. The van der Waals surface area contributed by atoms with Gasteiger partial charge in [0.15, 0.2) is 0 Å². The highest BCUT2D eigenvalue weighted by Gasteiger charge is 2.51. The third-order valence-electron chi connectivity index (χ3n) is 8.59. The first-order valence-electron chi connectivity index (χ1n) is 13.1. The van der Waals surface area contributed by atoms with Crippen molar-refractivity contribution in [3.63, 3.8) is 0 Å². The number of rotatable bonds is 2. The third kappa shape index (κ3) is 4.88. The molecule has 3 aliphatic heterocycles. The fourth-order valence-electron chi connectivity index (χ4n) is 6.47. The van der Waals surface area contributed by atoms with Crippen molar-refractivity contribution in [2.24, 2.45) is 5.41 Å². The van der Waals surface area contributed by atoms with Gasteiger partial charge in [-0.2, -0.15) is 13.2 Å². The number of halogens is 3. The van der Waals surface area contributed by atoms with Crippen molar-refractivity contribution in [2.45, 2.75) is 63.3 Å². The summed E-state index contributed by atoms with van der Waals surface area (Å²) in [5, 5.41) is 9.82. The molecule has 1 spiro atoms. The Kier molecular flexibility index (Phi) is 6.82. The van der Waals surface area contributed by atoms with Crippen LogP contribution in [0.15, 0.2) is 24.3 Å². The number of carbonyl (C=O) groups is 2. The van der Waals surface area contributed by atoms with E-state index in [0.717, 1.165) is 63.6 Å². The molecule has 36 heavy (non-hydrogen) atoms. The number of nitrogens with zero attached hydrogens (tertiary/aromatic N) is 4. The molecule has 4 aliphatic rings. The zero-order chi connectivity index (χ0) is 25.5. The molecule has 1 aromatic rings. The van der Waals surface area contributed by atoms with Gasteiger partial charge in [0.1, 0.15) is 0 Å². The van der Waals surface area contributed by atoms with Crippen LogP contribution in [-0.2, 0) is 11.0 Å². The minimum atomic E-state index is -4.39. The molecule has 1 aliphatic carbocycles. The number of benzene rings is 1. The summed E-state index contributed by atoms with van der Waals surface area (Å²) in [6, 6.07) is 5.43. The second kappa shape index (κ2) is 9.76. The van der Waals surface area contributed by atoms with Crippen LogP contribution in [0.2, 0.25) is 0 Å². The highest BCUT2D eigenvalue weighted by molar-refractivity contribution is 5.86. The van der Waals surface area contributed by atoms with Crippen LogP contribution in [0, 0.1) is 5.41 Å². The SMILES string of the molecule is O=C(N1CCN(c2cccc(C(F)(F)F)c2)CC1)N1CCCC2(CCN(C3CCC(O)CC3)C2=O)C1. The number of aliphatic hydroxyl groups excluding tert-OH is 1. The molecule has 1 N–H and O–H groups in total. The van der Waals surface area contributed by atoms with E-state index in [2.05, 4.69) is 0 Å². The topological polar surface area (TPSA) is 67.3 Å². The Morgan fingerprint density at radius 2 is 1.67 bits per heavy atom. The van der Waals surface area contributed by atoms with Gasteiger partial charge in [0.2, 0.25) is 5.91 Å². The molecule has 3 saturated heterocycles. The van der Waals surface area contributed by atoms with Gasteiger partial charge in [0.05, 0.1) is 17.1 Å². The van der Waals surface area contributed by atoms with Crippen LogP contribution in [-0.4, -0.2) is 89.7 Å². The van der Waals surface area contributed by atoms with E-state index in [1.807, 2.05) is 14.7 Å². The zero-order valence-electron chi connectivity index (χ0n) is 20.6. The lowest BCUT2D eigenvalue weighted by atomic mass is 9.78. The van der Waals surface area contributed by atoms with E-state index in [1.165, 1.54) is 6.07 Å². The number of alkyl halides is 3. The van der Waals surface area contributed by atoms with Crippen molar-refractivity contribution in [1.82, 2.24) is 14.7 Å². The average molecular weight is 509 g/mol. The van der Waals surface area contributed by atoms with Crippen LogP contribution < -0.4 is 4.90 Å². The standard InChI is InChI=1S/C26H35F3N4O3/c27-26(28,29)19-3-1-4-21(17-19)30-13-15-31(16-14-30)24(36)32-11-2-9-25(18-32)10-12-33(23(25)35)20-5-7-22(34)8-6-20/h1,3-4,17,20,22,34H,2,5-16,18H2. The fourth-order valence-corrected chi connectivity index (χ4v) is 6.47. The molecule has 0 aromatic heterocycles. The minimum Gasteiger partial charge on any atom is -0.393 e. The summed E-state index contributed by atoms with van der Waals surface area (Å²) in [5.41, 5.74) is -0.665. The highest BCUT2D eigenvalue weighted by atomic mass is 19.4. The summed E-state index contributed by atoms with van der Waals surface area (Å²) in [5.74, 6) is 0.163. The molecule has 198 valence electrons. The quantitative estimate of drug-likeness (QED) is 0.664. The van der Waals surface area contributed by atoms with Gasteiger partial charge in [-0.25, -0.2) is 4.79 Å². The second-order valence-electron chi connectivity index (χ2n) is 10.8. The monoisotopic (exact) mass is 508 g/mol. The molecule has 1 aromatic carbocycles. The van der Waals surface area contributed by atoms with Gasteiger partial charge in [-0.05, 0) is 63.1 Å². The van der Waals surface area contributed by atoms with Crippen LogP contribution in [0.25, 0.3) is 0 Å². The molecule has 1 unspecified atom stereocenters. The maximum atomic E-state index is 13.5. The van der Waals surface area contributed by atoms with E-state index in [4.69, 9.17) is 0 Å². The number of piperidine rings is 1. The predicted molar refractivity (Wildman–Crippen MR) is 128 cm³/mol. The Bertz CT molecular complexity index is 973. The first kappa shape index (κ1) is 25.2. The highest BCUT2D eigenvalue weighted by Crippen LogP contribution is 2.43. The minimum absolute atomic E-state index is 0.0789. The van der Waals surface area contributed by atoms with Gasteiger partial charge in [-0.1, -0.05) is 6.07 Å². The molecule has 1 atom stereocenters. The van der Waals surface area contributed by atoms with E-state index < -0.39 is 17.2 Å². The van der Waals surface area contributed by atoms with Crippen molar-refractivity contribution >= 4 is 17.6 Å². The summed E-state index contributed by atoms with van der Waals surface area (Å²) in [6.45, 7) is 3.57. The molecule has 3 heterocycles. The number of hydrogen-bond acceptors (Lipinski definition) is 4. The van der Waals surface area contributed by atoms with Crippen molar-refractivity contribution in [2.75, 3.05) is 50.7 Å². The van der Waals surface area contributed by atoms with Gasteiger partial charge in [0.25, 0.3) is 0 Å². The van der Waals surface area contributed by atoms with Gasteiger partial charge in [-0.15, -0.1) is 0 Å². The number of urea groups is 1. The lowest BCUT2D eigenvalue weighted by molar-refractivity contribution is -0.141. The third-order valence-corrected chi connectivity index (χ3v) is 8.59. The van der Waals surface area contributed by atoms with Crippen molar-refractivity contribution < 1.29 is 27.9 Å². The van der Waals surface area contributed by atoms with Crippen LogP contribution in [0.3, 0.4) is 0 Å². The average Bonchev–Trinajstić information content (AvgIpc) is 3.18. The maximum absolute atomic E-state index is 13.5. The molecule has 5 rings (SSSR count). The van der Waals surface area contributed by atoms with E-state index in [-0.39, 0.29) is 24.1 Å². The summed E-state index contributed by atoms with van der Waals surface area (Å²) >= 11 is 0. The van der Waals surface area contributed by atoms with Crippen molar-refractivity contribution in [1.29, 1.82) is 0 Å². The lowest BCUT2D eigenvalue weighted by Crippen LogP contribution is -2.57. The molecule has 0 radical (unpaired) electrons. The Balaban J connectivity index is 1.18. The van der Waals surface area contributed by atoms with Gasteiger partial charge < -0.3 is 24.7 Å². The zero-order valence-corrected chi connectivity index (χ0v) is 20.6. The van der Waals surface area contributed by atoms with Crippen molar-refractivity contribution in [3.05, 3.63) is 29.8 Å². The molecular weight excluding hydrogens is 473 g/mol. The van der Waals surface area contributed by atoms with E-state index in [9.17, 15) is 27.9 Å². The molecule has 7 nitrogen and oxygen atoms in total. The molecule has 1 saturated carbocycles. The number of piperazine rings is 1. The summed E-state index contributed by atoms with van der Waals surface area (Å²) in [6.07, 6.45) is 0.844. The first-order valence-corrected chi connectivity index (χ1v) is 13.1. The molecule has 4 fully saturated rings. The van der Waals surface area contributed by atoms with Gasteiger partial charge in [0, 0.05) is 57.5 Å². The summed E-state index contributed by atoms with van der Waals surface area (Å²) < 4.78 is 39.3. The lowest BCUT2D eigenvalue weighted by Gasteiger charge is -2.43. The molecule has 0 bridgehead atoms. The van der Waals surface area contributed by atoms with Crippen LogP contribution in [0.4, 0.5) is 23.7 Å². The number of anilines is 1. The molecule has 3 amide bonds. The normalized spacial score (nSPS) is 29.8. The smallest absolute Gasteiger partial charge is 0.393 e. The Morgan fingerprint density at radius 1 is 0.944 bits per heavy atom. The first-order chi connectivity index (χ1) is 17.2. The molecular formula is C26H35F3N4O3. The fraction of sp³-hybridized carbons (Fsp3) is 0.692. The largest absolute Gasteiger partial charge is 0.416 e. The second-order valence-corrected chi connectivity index (χ2v) is 10.8. The van der Waals surface area contributed by atoms with Gasteiger partial charge >= 0.3 is 12.2 Å². The Morgan fingerprint density at radius 3 is 2.36 bits per heavy atom. The van der Waals surface area contributed by atoms with Crippen LogP contribution >= 0.6 is 0 Å². The van der Waals surface area contributed by atoms with Crippen molar-refractivity contribution in [3.8, 4) is 0 Å². The number of amides is 3. The number of aliphatic hydroxyl groups is 1. The molecule has 10 heteroatoms. The van der Waals surface area contributed by atoms with Crippen LogP contribution in [0.1, 0.15) is 50.5 Å². The number of carbonyl (C=O) groups excluding carboxylic acids is 2.